The first-order chi connectivity index (χ1) is 14.2. The second-order valence-electron chi connectivity index (χ2n) is 7.61. The summed E-state index contributed by atoms with van der Waals surface area (Å²) in [5.41, 5.74) is 3.41. The van der Waals surface area contributed by atoms with Crippen LogP contribution in [0.2, 0.25) is 0 Å². The number of ketones is 1. The van der Waals surface area contributed by atoms with Crippen molar-refractivity contribution in [1.29, 1.82) is 0 Å². The predicted molar refractivity (Wildman–Crippen MR) is 115 cm³/mol. The summed E-state index contributed by atoms with van der Waals surface area (Å²) in [6.07, 6.45) is 2.09. The maximum atomic E-state index is 12.8. The lowest BCUT2D eigenvalue weighted by Gasteiger charge is -2.19. The lowest BCUT2D eigenvalue weighted by molar-refractivity contribution is 0.0934. The Labute approximate surface area is 177 Å². The highest BCUT2D eigenvalue weighted by atomic mass is 32.2. The molecule has 0 fully saturated rings. The monoisotopic (exact) mass is 431 g/mol. The number of hydrogen-bond acceptors (Lipinski definition) is 4. The van der Waals surface area contributed by atoms with Crippen molar-refractivity contribution in [3.8, 4) is 0 Å². The first-order valence-electron chi connectivity index (χ1n) is 10.4. The summed E-state index contributed by atoms with van der Waals surface area (Å²) in [6, 6.07) is 6.26. The summed E-state index contributed by atoms with van der Waals surface area (Å²) in [5.74, 6) is -0.191. The van der Waals surface area contributed by atoms with Crippen LogP contribution in [0.5, 0.6) is 0 Å². The van der Waals surface area contributed by atoms with Gasteiger partial charge in [0.25, 0.3) is 5.91 Å². The number of fused-ring (bicyclic) bond motifs is 1. The molecule has 1 unspecified atom stereocenters. The van der Waals surface area contributed by atoms with Crippen molar-refractivity contribution in [1.82, 2.24) is 14.6 Å². The van der Waals surface area contributed by atoms with Gasteiger partial charge in [-0.1, -0.05) is 26.0 Å². The number of sulfonamides is 1. The lowest BCUT2D eigenvalue weighted by atomic mass is 9.94. The van der Waals surface area contributed by atoms with Gasteiger partial charge in [0.1, 0.15) is 5.69 Å². The Morgan fingerprint density at radius 3 is 2.37 bits per heavy atom. The molecule has 2 aromatic rings. The van der Waals surface area contributed by atoms with Crippen molar-refractivity contribution in [3.63, 3.8) is 0 Å². The van der Waals surface area contributed by atoms with Crippen LogP contribution in [0.4, 0.5) is 0 Å². The fourth-order valence-corrected chi connectivity index (χ4v) is 5.45. The van der Waals surface area contributed by atoms with Crippen LogP contribution >= 0.6 is 0 Å². The van der Waals surface area contributed by atoms with Crippen molar-refractivity contribution in [2.45, 2.75) is 57.9 Å². The van der Waals surface area contributed by atoms with Crippen molar-refractivity contribution >= 4 is 21.7 Å². The minimum absolute atomic E-state index is 0.0853. The standard InChI is InChI=1S/C22H29N3O4S/c1-5-25(6-2)30(28,29)17-12-10-16(11-13-17)15(4)23-22(27)21-14(3)20-18(24-21)8-7-9-19(20)26/h10-13,15,24H,5-9H2,1-4H3,(H,23,27). The summed E-state index contributed by atoms with van der Waals surface area (Å²) >= 11 is 0. The van der Waals surface area contributed by atoms with Gasteiger partial charge in [0.15, 0.2) is 5.78 Å². The topological polar surface area (TPSA) is 99.3 Å². The van der Waals surface area contributed by atoms with Gasteiger partial charge in [-0.2, -0.15) is 4.31 Å². The van der Waals surface area contributed by atoms with E-state index in [1.165, 1.54) is 4.31 Å². The minimum Gasteiger partial charge on any atom is -0.354 e. The van der Waals surface area contributed by atoms with Gasteiger partial charge in [-0.25, -0.2) is 8.42 Å². The molecule has 162 valence electrons. The van der Waals surface area contributed by atoms with E-state index in [0.29, 0.717) is 36.3 Å². The minimum atomic E-state index is -3.51. The van der Waals surface area contributed by atoms with E-state index >= 15 is 0 Å². The zero-order chi connectivity index (χ0) is 22.1. The van der Waals surface area contributed by atoms with E-state index in [1.807, 2.05) is 6.92 Å². The van der Waals surface area contributed by atoms with Crippen LogP contribution in [0, 0.1) is 6.92 Å². The zero-order valence-corrected chi connectivity index (χ0v) is 18.7. The molecule has 3 rings (SSSR count). The molecule has 1 aromatic carbocycles. The molecular weight excluding hydrogens is 402 g/mol. The van der Waals surface area contributed by atoms with Gasteiger partial charge < -0.3 is 10.3 Å². The molecule has 0 bridgehead atoms. The Kier molecular flexibility index (Phi) is 6.47. The summed E-state index contributed by atoms with van der Waals surface area (Å²) in [6.45, 7) is 8.08. The Balaban J connectivity index is 1.76. The molecule has 1 atom stereocenters. The molecule has 0 saturated carbocycles. The van der Waals surface area contributed by atoms with E-state index in [4.69, 9.17) is 0 Å². The van der Waals surface area contributed by atoms with Crippen molar-refractivity contribution in [2.75, 3.05) is 13.1 Å². The van der Waals surface area contributed by atoms with Crippen LogP contribution in [0.15, 0.2) is 29.2 Å². The normalized spacial score (nSPS) is 15.2. The van der Waals surface area contributed by atoms with E-state index in [-0.39, 0.29) is 22.6 Å². The molecule has 2 N–H and O–H groups in total. The molecule has 1 aliphatic rings. The number of Topliss-reactive ketones (excluding diaryl/α,β-unsaturated/α-hetero) is 1. The number of carbonyl (C=O) groups excluding carboxylic acids is 2. The van der Waals surface area contributed by atoms with Crippen molar-refractivity contribution in [3.05, 3.63) is 52.3 Å². The predicted octanol–water partition coefficient (Wildman–Crippen LogP) is 3.36. The molecule has 0 saturated heterocycles. The highest BCUT2D eigenvalue weighted by Gasteiger charge is 2.27. The molecule has 7 nitrogen and oxygen atoms in total. The average molecular weight is 432 g/mol. The van der Waals surface area contributed by atoms with Gasteiger partial charge >= 0.3 is 0 Å². The van der Waals surface area contributed by atoms with E-state index in [1.54, 1.807) is 45.0 Å². The molecule has 30 heavy (non-hydrogen) atoms. The van der Waals surface area contributed by atoms with Crippen LogP contribution < -0.4 is 5.32 Å². The maximum Gasteiger partial charge on any atom is 0.268 e. The van der Waals surface area contributed by atoms with E-state index in [2.05, 4.69) is 10.3 Å². The first-order valence-corrected chi connectivity index (χ1v) is 11.8. The third kappa shape index (κ3) is 4.06. The number of hydrogen-bond donors (Lipinski definition) is 2. The van der Waals surface area contributed by atoms with E-state index in [0.717, 1.165) is 24.1 Å². The SMILES string of the molecule is CCN(CC)S(=O)(=O)c1ccc(C(C)NC(=O)c2[nH]c3c(c2C)C(=O)CCC3)cc1. The van der Waals surface area contributed by atoms with Crippen LogP contribution in [-0.2, 0) is 16.4 Å². The number of H-pyrrole nitrogens is 1. The Hall–Kier alpha value is -2.45. The zero-order valence-electron chi connectivity index (χ0n) is 17.9. The number of aromatic nitrogens is 1. The molecule has 0 aliphatic heterocycles. The maximum absolute atomic E-state index is 12.8. The van der Waals surface area contributed by atoms with E-state index < -0.39 is 10.0 Å². The molecule has 1 aliphatic carbocycles. The molecule has 1 aromatic heterocycles. The third-order valence-electron chi connectivity index (χ3n) is 5.74. The van der Waals surface area contributed by atoms with Gasteiger partial charge in [0.2, 0.25) is 10.0 Å². The second kappa shape index (κ2) is 8.73. The van der Waals surface area contributed by atoms with Crippen LogP contribution in [0.1, 0.15) is 77.3 Å². The largest absolute Gasteiger partial charge is 0.354 e. The van der Waals surface area contributed by atoms with E-state index in [9.17, 15) is 18.0 Å². The summed E-state index contributed by atoms with van der Waals surface area (Å²) in [4.78, 5) is 28.4. The van der Waals surface area contributed by atoms with Crippen molar-refractivity contribution < 1.29 is 18.0 Å². The first kappa shape index (κ1) is 22.2. The molecule has 0 radical (unpaired) electrons. The number of aromatic amines is 1. The van der Waals surface area contributed by atoms with Crippen LogP contribution in [0.3, 0.4) is 0 Å². The molecule has 1 amide bonds. The fourth-order valence-electron chi connectivity index (χ4n) is 3.99. The highest BCUT2D eigenvalue weighted by molar-refractivity contribution is 7.89. The van der Waals surface area contributed by atoms with Crippen LogP contribution in [-0.4, -0.2) is 42.5 Å². The van der Waals surface area contributed by atoms with Gasteiger partial charge in [0.05, 0.1) is 10.9 Å². The highest BCUT2D eigenvalue weighted by Crippen LogP contribution is 2.27. The molecule has 8 heteroatoms. The lowest BCUT2D eigenvalue weighted by Crippen LogP contribution is -2.30. The quantitative estimate of drug-likeness (QED) is 0.702. The molecule has 0 spiro atoms. The van der Waals surface area contributed by atoms with Gasteiger partial charge in [-0.3, -0.25) is 9.59 Å². The Bertz CT molecular complexity index is 1050. The number of rotatable bonds is 7. The van der Waals surface area contributed by atoms with Gasteiger partial charge in [-0.05, 0) is 49.9 Å². The number of carbonyl (C=O) groups is 2. The summed E-state index contributed by atoms with van der Waals surface area (Å²) in [5, 5.41) is 2.94. The number of amides is 1. The van der Waals surface area contributed by atoms with Gasteiger partial charge in [-0.15, -0.1) is 0 Å². The molecule has 1 heterocycles. The third-order valence-corrected chi connectivity index (χ3v) is 7.80. The number of benzene rings is 1. The van der Waals surface area contributed by atoms with Crippen LogP contribution in [0.25, 0.3) is 0 Å². The average Bonchev–Trinajstić information content (AvgIpc) is 3.06. The number of aryl methyl sites for hydroxylation is 1. The van der Waals surface area contributed by atoms with Gasteiger partial charge in [0, 0.05) is 30.8 Å². The number of nitrogens with zero attached hydrogens (tertiary/aromatic N) is 1. The Morgan fingerprint density at radius 1 is 1.17 bits per heavy atom. The summed E-state index contributed by atoms with van der Waals surface area (Å²) in [7, 11) is -3.51. The smallest absolute Gasteiger partial charge is 0.268 e. The summed E-state index contributed by atoms with van der Waals surface area (Å²) < 4.78 is 26.7. The second-order valence-corrected chi connectivity index (χ2v) is 9.55. The molecular formula is C22H29N3O4S. The number of nitrogens with one attached hydrogen (secondary N) is 2. The fraction of sp³-hybridized carbons (Fsp3) is 0.455. The Morgan fingerprint density at radius 2 is 1.80 bits per heavy atom. The van der Waals surface area contributed by atoms with Crippen molar-refractivity contribution in [2.24, 2.45) is 0 Å².